The number of aryl methyl sites for hydroxylation is 1. The molecule has 0 bridgehead atoms. The van der Waals surface area contributed by atoms with Crippen molar-refractivity contribution in [2.24, 2.45) is 0 Å². The van der Waals surface area contributed by atoms with Crippen LogP contribution in [0.15, 0.2) is 23.1 Å². The molecule has 0 unspecified atom stereocenters. The molecule has 2 rings (SSSR count). The first-order chi connectivity index (χ1) is 6.20. The first kappa shape index (κ1) is 8.44. The smallest absolute Gasteiger partial charge is 0.129 e. The Balaban J connectivity index is 2.94. The maximum atomic E-state index is 5.85. The van der Waals surface area contributed by atoms with Crippen molar-refractivity contribution >= 4 is 32.4 Å². The number of aromatic nitrogens is 2. The molecule has 0 saturated carbocycles. The Kier molecular flexibility index (Phi) is 1.92. The van der Waals surface area contributed by atoms with Crippen LogP contribution in [-0.2, 0) is 0 Å². The maximum Gasteiger partial charge on any atom is 0.129 e. The standard InChI is InChI=1S/C9H8BrN3/c1-5-7-4-13-9(10)8(11)6(7)2-3-12-5/h2-4H,11H2,1H3. The third kappa shape index (κ3) is 1.27. The molecule has 0 aliphatic rings. The molecule has 0 aliphatic carbocycles. The van der Waals surface area contributed by atoms with E-state index in [1.807, 2.05) is 13.0 Å². The van der Waals surface area contributed by atoms with Crippen molar-refractivity contribution in [1.82, 2.24) is 9.97 Å². The predicted octanol–water partition coefficient (Wildman–Crippen LogP) is 2.28. The molecule has 0 spiro atoms. The molecule has 3 nitrogen and oxygen atoms in total. The van der Waals surface area contributed by atoms with Gasteiger partial charge in [-0.05, 0) is 28.9 Å². The number of nitrogen functional groups attached to an aromatic ring is 1. The SMILES string of the molecule is Cc1nccc2c(N)c(Br)ncc12. The highest BCUT2D eigenvalue weighted by Crippen LogP contribution is 2.26. The second-order valence-corrected chi connectivity index (χ2v) is 3.57. The van der Waals surface area contributed by atoms with Crippen LogP contribution in [0.1, 0.15) is 5.69 Å². The van der Waals surface area contributed by atoms with Crippen LogP contribution in [0.25, 0.3) is 10.8 Å². The first-order valence-electron chi connectivity index (χ1n) is 3.85. The molecule has 0 radical (unpaired) electrons. The number of nitrogens with two attached hydrogens (primary N) is 1. The first-order valence-corrected chi connectivity index (χ1v) is 4.64. The van der Waals surface area contributed by atoms with Gasteiger partial charge in [0.1, 0.15) is 4.60 Å². The molecular weight excluding hydrogens is 230 g/mol. The van der Waals surface area contributed by atoms with Gasteiger partial charge in [-0.25, -0.2) is 4.98 Å². The van der Waals surface area contributed by atoms with Crippen molar-refractivity contribution in [3.8, 4) is 0 Å². The lowest BCUT2D eigenvalue weighted by Gasteiger charge is -2.04. The summed E-state index contributed by atoms with van der Waals surface area (Å²) in [6.07, 6.45) is 3.53. The van der Waals surface area contributed by atoms with E-state index in [0.29, 0.717) is 10.3 Å². The molecule has 66 valence electrons. The fourth-order valence-electron chi connectivity index (χ4n) is 1.28. The minimum absolute atomic E-state index is 0.669. The normalized spacial score (nSPS) is 10.6. The van der Waals surface area contributed by atoms with E-state index >= 15 is 0 Å². The highest BCUT2D eigenvalue weighted by Gasteiger charge is 2.04. The van der Waals surface area contributed by atoms with Gasteiger partial charge in [-0.2, -0.15) is 0 Å². The van der Waals surface area contributed by atoms with Crippen molar-refractivity contribution in [1.29, 1.82) is 0 Å². The largest absolute Gasteiger partial charge is 0.396 e. The van der Waals surface area contributed by atoms with E-state index in [0.717, 1.165) is 16.5 Å². The molecule has 2 aromatic rings. The second kappa shape index (κ2) is 2.96. The van der Waals surface area contributed by atoms with Gasteiger partial charge in [0.2, 0.25) is 0 Å². The van der Waals surface area contributed by atoms with E-state index in [9.17, 15) is 0 Å². The number of anilines is 1. The summed E-state index contributed by atoms with van der Waals surface area (Å²) in [6, 6.07) is 1.89. The van der Waals surface area contributed by atoms with E-state index in [1.165, 1.54) is 0 Å². The van der Waals surface area contributed by atoms with Crippen LogP contribution < -0.4 is 5.73 Å². The van der Waals surface area contributed by atoms with Gasteiger partial charge in [-0.15, -0.1) is 0 Å². The molecule has 2 aromatic heterocycles. The van der Waals surface area contributed by atoms with Crippen LogP contribution in [0.4, 0.5) is 5.69 Å². The van der Waals surface area contributed by atoms with Gasteiger partial charge in [-0.3, -0.25) is 4.98 Å². The molecule has 0 saturated heterocycles. The van der Waals surface area contributed by atoms with Crippen molar-refractivity contribution in [2.75, 3.05) is 5.73 Å². The van der Waals surface area contributed by atoms with Crippen molar-refractivity contribution in [2.45, 2.75) is 6.92 Å². The van der Waals surface area contributed by atoms with Crippen molar-refractivity contribution in [3.63, 3.8) is 0 Å². The fourth-order valence-corrected chi connectivity index (χ4v) is 1.59. The molecule has 13 heavy (non-hydrogen) atoms. The van der Waals surface area contributed by atoms with Crippen molar-refractivity contribution < 1.29 is 0 Å². The topological polar surface area (TPSA) is 51.8 Å². The quantitative estimate of drug-likeness (QED) is 0.716. The Hall–Kier alpha value is -1.16. The van der Waals surface area contributed by atoms with E-state index in [-0.39, 0.29) is 0 Å². The third-order valence-electron chi connectivity index (χ3n) is 2.01. The lowest BCUT2D eigenvalue weighted by atomic mass is 10.1. The summed E-state index contributed by atoms with van der Waals surface area (Å²) in [7, 11) is 0. The Morgan fingerprint density at radius 3 is 2.85 bits per heavy atom. The predicted molar refractivity (Wildman–Crippen MR) is 56.4 cm³/mol. The molecule has 0 fully saturated rings. The highest BCUT2D eigenvalue weighted by molar-refractivity contribution is 9.10. The summed E-state index contributed by atoms with van der Waals surface area (Å²) in [5.41, 5.74) is 7.47. The van der Waals surface area contributed by atoms with Crippen LogP contribution in [0.3, 0.4) is 0 Å². The number of halogens is 1. The monoisotopic (exact) mass is 237 g/mol. The van der Waals surface area contributed by atoms with E-state index in [2.05, 4.69) is 25.9 Å². The van der Waals surface area contributed by atoms with Crippen LogP contribution in [-0.4, -0.2) is 9.97 Å². The van der Waals surface area contributed by atoms with Gasteiger partial charge in [0, 0.05) is 28.9 Å². The Bertz CT molecular complexity index is 468. The Morgan fingerprint density at radius 1 is 1.31 bits per heavy atom. The summed E-state index contributed by atoms with van der Waals surface area (Å²) in [5, 5.41) is 2.00. The number of pyridine rings is 2. The summed E-state index contributed by atoms with van der Waals surface area (Å²) in [5.74, 6) is 0. The summed E-state index contributed by atoms with van der Waals surface area (Å²) in [6.45, 7) is 1.94. The van der Waals surface area contributed by atoms with E-state index < -0.39 is 0 Å². The molecule has 0 aromatic carbocycles. The minimum atomic E-state index is 0.669. The van der Waals surface area contributed by atoms with Crippen LogP contribution in [0, 0.1) is 6.92 Å². The molecular formula is C9H8BrN3. The lowest BCUT2D eigenvalue weighted by Crippen LogP contribution is -1.93. The number of nitrogens with zero attached hydrogens (tertiary/aromatic N) is 2. The number of fused-ring (bicyclic) bond motifs is 1. The second-order valence-electron chi connectivity index (χ2n) is 2.82. The Morgan fingerprint density at radius 2 is 2.08 bits per heavy atom. The zero-order chi connectivity index (χ0) is 9.42. The van der Waals surface area contributed by atoms with E-state index in [1.54, 1.807) is 12.4 Å². The lowest BCUT2D eigenvalue weighted by molar-refractivity contribution is 1.21. The van der Waals surface area contributed by atoms with Gasteiger partial charge < -0.3 is 5.73 Å². The van der Waals surface area contributed by atoms with Gasteiger partial charge in [-0.1, -0.05) is 0 Å². The van der Waals surface area contributed by atoms with Gasteiger partial charge in [0.15, 0.2) is 0 Å². The molecule has 0 atom stereocenters. The van der Waals surface area contributed by atoms with Crippen LogP contribution in [0.5, 0.6) is 0 Å². The Labute approximate surface area is 84.1 Å². The van der Waals surface area contributed by atoms with E-state index in [4.69, 9.17) is 5.73 Å². The summed E-state index contributed by atoms with van der Waals surface area (Å²) >= 11 is 3.28. The highest BCUT2D eigenvalue weighted by atomic mass is 79.9. The third-order valence-corrected chi connectivity index (χ3v) is 2.64. The molecule has 0 amide bonds. The van der Waals surface area contributed by atoms with Crippen molar-refractivity contribution in [3.05, 3.63) is 28.8 Å². The number of rotatable bonds is 0. The van der Waals surface area contributed by atoms with Gasteiger partial charge in [0.05, 0.1) is 5.69 Å². The van der Waals surface area contributed by atoms with Crippen LogP contribution in [0.2, 0.25) is 0 Å². The fraction of sp³-hybridized carbons (Fsp3) is 0.111. The van der Waals surface area contributed by atoms with Gasteiger partial charge in [0.25, 0.3) is 0 Å². The maximum absolute atomic E-state index is 5.85. The molecule has 4 heteroatoms. The zero-order valence-electron chi connectivity index (χ0n) is 7.08. The minimum Gasteiger partial charge on any atom is -0.396 e. The molecule has 2 heterocycles. The van der Waals surface area contributed by atoms with Crippen LogP contribution >= 0.6 is 15.9 Å². The average molecular weight is 238 g/mol. The summed E-state index contributed by atoms with van der Waals surface area (Å²) < 4.78 is 0.686. The van der Waals surface area contributed by atoms with Gasteiger partial charge >= 0.3 is 0 Å². The average Bonchev–Trinajstić information content (AvgIpc) is 2.12. The number of hydrogen-bond donors (Lipinski definition) is 1. The molecule has 2 N–H and O–H groups in total. The molecule has 0 aliphatic heterocycles. The zero-order valence-corrected chi connectivity index (χ0v) is 8.67. The number of hydrogen-bond acceptors (Lipinski definition) is 3. The summed E-state index contributed by atoms with van der Waals surface area (Å²) in [4.78, 5) is 8.29.